The molecule has 1 nitrogen and oxygen atoms in total. The fourth-order valence-electron chi connectivity index (χ4n) is 2.53. The van der Waals surface area contributed by atoms with Crippen molar-refractivity contribution in [2.24, 2.45) is 5.73 Å². The Balaban J connectivity index is 0.000000956. The average molecular weight is 269 g/mol. The molecule has 0 saturated carbocycles. The van der Waals surface area contributed by atoms with Crippen LogP contribution in [0.15, 0.2) is 48.5 Å². The van der Waals surface area contributed by atoms with E-state index in [-0.39, 0.29) is 12.0 Å². The van der Waals surface area contributed by atoms with Gasteiger partial charge < -0.3 is 5.73 Å². The van der Waals surface area contributed by atoms with Crippen molar-refractivity contribution in [2.45, 2.75) is 46.6 Å². The zero-order valence-corrected chi connectivity index (χ0v) is 13.4. The topological polar surface area (TPSA) is 26.0 Å². The maximum atomic E-state index is 6.20. The van der Waals surface area contributed by atoms with Crippen LogP contribution in [0.4, 0.5) is 0 Å². The monoisotopic (exact) mass is 269 g/mol. The first-order chi connectivity index (χ1) is 9.58. The number of rotatable bonds is 3. The van der Waals surface area contributed by atoms with Gasteiger partial charge in [0.15, 0.2) is 0 Å². The van der Waals surface area contributed by atoms with E-state index >= 15 is 0 Å². The minimum Gasteiger partial charge on any atom is -0.327 e. The van der Waals surface area contributed by atoms with Gasteiger partial charge in [0.1, 0.15) is 0 Å². The van der Waals surface area contributed by atoms with Gasteiger partial charge in [-0.15, -0.1) is 0 Å². The summed E-state index contributed by atoms with van der Waals surface area (Å²) in [5, 5.41) is 0. The van der Waals surface area contributed by atoms with E-state index in [2.05, 4.69) is 69.3 Å². The summed E-state index contributed by atoms with van der Waals surface area (Å²) in [6.45, 7) is 10.3. The summed E-state index contributed by atoms with van der Waals surface area (Å²) >= 11 is 0. The molecule has 20 heavy (non-hydrogen) atoms. The largest absolute Gasteiger partial charge is 0.327 e. The first-order valence-corrected chi connectivity index (χ1v) is 7.46. The van der Waals surface area contributed by atoms with E-state index in [0.717, 1.165) is 0 Å². The van der Waals surface area contributed by atoms with Crippen LogP contribution < -0.4 is 5.73 Å². The molecule has 0 heterocycles. The number of aryl methyl sites for hydroxylation is 2. The SMILES string of the molecule is CC.Cc1cccc(C(c2cccc(C)c2)C(C)N)c1. The van der Waals surface area contributed by atoms with Crippen LogP contribution in [0.3, 0.4) is 0 Å². The minimum atomic E-state index is 0.105. The Morgan fingerprint density at radius 3 is 1.50 bits per heavy atom. The van der Waals surface area contributed by atoms with Gasteiger partial charge in [-0.25, -0.2) is 0 Å². The molecule has 1 heteroatoms. The van der Waals surface area contributed by atoms with Crippen LogP contribution in [0.25, 0.3) is 0 Å². The Hall–Kier alpha value is -1.60. The molecule has 2 N–H and O–H groups in total. The molecule has 108 valence electrons. The summed E-state index contributed by atoms with van der Waals surface area (Å²) in [7, 11) is 0. The van der Waals surface area contributed by atoms with Gasteiger partial charge >= 0.3 is 0 Å². The van der Waals surface area contributed by atoms with Crippen LogP contribution in [0.1, 0.15) is 48.9 Å². The molecular weight excluding hydrogens is 242 g/mol. The van der Waals surface area contributed by atoms with Crippen molar-refractivity contribution in [3.8, 4) is 0 Å². The van der Waals surface area contributed by atoms with Gasteiger partial charge in [0.2, 0.25) is 0 Å². The van der Waals surface area contributed by atoms with E-state index in [1.54, 1.807) is 0 Å². The fraction of sp³-hybridized carbons (Fsp3) is 0.368. The third kappa shape index (κ3) is 4.21. The molecule has 0 amide bonds. The van der Waals surface area contributed by atoms with Crippen LogP contribution in [0.5, 0.6) is 0 Å². The van der Waals surface area contributed by atoms with Crippen LogP contribution >= 0.6 is 0 Å². The van der Waals surface area contributed by atoms with Crippen LogP contribution in [0, 0.1) is 13.8 Å². The second-order valence-corrected chi connectivity index (χ2v) is 5.17. The summed E-state index contributed by atoms with van der Waals surface area (Å²) in [5.74, 6) is 0.268. The van der Waals surface area contributed by atoms with Gasteiger partial charge in [-0.2, -0.15) is 0 Å². The lowest BCUT2D eigenvalue weighted by Gasteiger charge is -2.22. The third-order valence-corrected chi connectivity index (χ3v) is 3.33. The van der Waals surface area contributed by atoms with Crippen molar-refractivity contribution in [1.82, 2.24) is 0 Å². The summed E-state index contributed by atoms with van der Waals surface area (Å²) in [4.78, 5) is 0. The third-order valence-electron chi connectivity index (χ3n) is 3.33. The van der Waals surface area contributed by atoms with Gasteiger partial charge in [0, 0.05) is 12.0 Å². The van der Waals surface area contributed by atoms with Gasteiger partial charge in [0.25, 0.3) is 0 Å². The lowest BCUT2D eigenvalue weighted by atomic mass is 9.85. The van der Waals surface area contributed by atoms with E-state index in [9.17, 15) is 0 Å². The standard InChI is InChI=1S/C17H21N.C2H6/c1-12-6-4-8-15(10-12)17(14(3)18)16-9-5-7-13(2)11-16;1-2/h4-11,14,17H,18H2,1-3H3;1-2H3. The molecule has 0 saturated heterocycles. The lowest BCUT2D eigenvalue weighted by Crippen LogP contribution is -2.25. The Bertz CT molecular complexity index is 483. The molecular formula is C19H27N. The molecule has 0 spiro atoms. The van der Waals surface area contributed by atoms with Crippen molar-refractivity contribution in [3.63, 3.8) is 0 Å². The number of hydrogen-bond donors (Lipinski definition) is 1. The summed E-state index contributed by atoms with van der Waals surface area (Å²) in [5.41, 5.74) is 11.4. The highest BCUT2D eigenvalue weighted by Gasteiger charge is 2.18. The molecule has 2 aromatic carbocycles. The second kappa shape index (κ2) is 7.86. The zero-order chi connectivity index (χ0) is 15.1. The Morgan fingerprint density at radius 1 is 0.800 bits per heavy atom. The van der Waals surface area contributed by atoms with Crippen LogP contribution in [-0.4, -0.2) is 6.04 Å². The average Bonchev–Trinajstić information content (AvgIpc) is 2.41. The fourth-order valence-corrected chi connectivity index (χ4v) is 2.53. The van der Waals surface area contributed by atoms with Crippen LogP contribution in [0.2, 0.25) is 0 Å². The molecule has 0 bridgehead atoms. The highest BCUT2D eigenvalue weighted by atomic mass is 14.6. The molecule has 2 aromatic rings. The lowest BCUT2D eigenvalue weighted by molar-refractivity contribution is 0.644. The maximum Gasteiger partial charge on any atom is 0.0238 e. The Kier molecular flexibility index (Phi) is 6.47. The first kappa shape index (κ1) is 16.5. The highest BCUT2D eigenvalue weighted by molar-refractivity contribution is 5.37. The van der Waals surface area contributed by atoms with Gasteiger partial charge in [-0.1, -0.05) is 73.5 Å². The van der Waals surface area contributed by atoms with E-state index in [4.69, 9.17) is 5.73 Å². The van der Waals surface area contributed by atoms with Gasteiger partial charge in [0.05, 0.1) is 0 Å². The molecule has 0 aliphatic heterocycles. The molecule has 1 unspecified atom stereocenters. The second-order valence-electron chi connectivity index (χ2n) is 5.17. The predicted molar refractivity (Wildman–Crippen MR) is 89.2 cm³/mol. The minimum absolute atomic E-state index is 0.105. The number of hydrogen-bond acceptors (Lipinski definition) is 1. The molecule has 0 radical (unpaired) electrons. The predicted octanol–water partition coefficient (Wildman–Crippen LogP) is 4.81. The quantitative estimate of drug-likeness (QED) is 0.850. The summed E-state index contributed by atoms with van der Waals surface area (Å²) in [6.07, 6.45) is 0. The molecule has 1 atom stereocenters. The number of benzene rings is 2. The van der Waals surface area contributed by atoms with E-state index in [1.807, 2.05) is 13.8 Å². The van der Waals surface area contributed by atoms with Crippen molar-refractivity contribution >= 4 is 0 Å². The Morgan fingerprint density at radius 2 is 1.20 bits per heavy atom. The first-order valence-electron chi connectivity index (χ1n) is 7.46. The normalized spacial score (nSPS) is 11.8. The summed E-state index contributed by atoms with van der Waals surface area (Å²) < 4.78 is 0. The van der Waals surface area contributed by atoms with E-state index in [1.165, 1.54) is 22.3 Å². The smallest absolute Gasteiger partial charge is 0.0238 e. The zero-order valence-electron chi connectivity index (χ0n) is 13.4. The number of nitrogens with two attached hydrogens (primary N) is 1. The molecule has 0 aliphatic carbocycles. The highest BCUT2D eigenvalue weighted by Crippen LogP contribution is 2.28. The van der Waals surface area contributed by atoms with E-state index in [0.29, 0.717) is 0 Å². The van der Waals surface area contributed by atoms with Crippen molar-refractivity contribution < 1.29 is 0 Å². The van der Waals surface area contributed by atoms with Gasteiger partial charge in [-0.05, 0) is 31.9 Å². The van der Waals surface area contributed by atoms with Gasteiger partial charge in [-0.3, -0.25) is 0 Å². The summed E-state index contributed by atoms with van der Waals surface area (Å²) in [6, 6.07) is 17.4. The molecule has 2 rings (SSSR count). The molecule has 0 aromatic heterocycles. The maximum absolute atomic E-state index is 6.20. The van der Waals surface area contributed by atoms with Crippen molar-refractivity contribution in [1.29, 1.82) is 0 Å². The van der Waals surface area contributed by atoms with E-state index < -0.39 is 0 Å². The van der Waals surface area contributed by atoms with Crippen molar-refractivity contribution in [3.05, 3.63) is 70.8 Å². The Labute approximate surface area is 123 Å². The van der Waals surface area contributed by atoms with Crippen LogP contribution in [-0.2, 0) is 0 Å². The molecule has 0 aliphatic rings. The van der Waals surface area contributed by atoms with Crippen molar-refractivity contribution in [2.75, 3.05) is 0 Å². The molecule has 0 fully saturated rings.